The maximum Gasteiger partial charge on any atom is 0.222 e. The molecule has 6 nitrogen and oxygen atoms in total. The molecule has 1 aromatic rings. The van der Waals surface area contributed by atoms with Crippen molar-refractivity contribution in [2.24, 2.45) is 5.92 Å². The van der Waals surface area contributed by atoms with E-state index < -0.39 is 0 Å². The maximum absolute atomic E-state index is 12.1. The van der Waals surface area contributed by atoms with Gasteiger partial charge in [-0.2, -0.15) is 0 Å². The van der Waals surface area contributed by atoms with Crippen LogP contribution in [0.4, 0.5) is 11.6 Å². The minimum atomic E-state index is 0.273. The van der Waals surface area contributed by atoms with Gasteiger partial charge >= 0.3 is 0 Å². The molecule has 2 saturated heterocycles. The number of carbonyl (C=O) groups excluding carboxylic acids is 1. The zero-order valence-electron chi connectivity index (χ0n) is 14.2. The summed E-state index contributed by atoms with van der Waals surface area (Å²) in [7, 11) is 0. The second kappa shape index (κ2) is 7.15. The first-order valence-corrected chi connectivity index (χ1v) is 8.75. The number of hydrogen-bond donors (Lipinski definition) is 0. The van der Waals surface area contributed by atoms with Crippen LogP contribution < -0.4 is 9.80 Å². The van der Waals surface area contributed by atoms with Crippen molar-refractivity contribution >= 4 is 17.5 Å². The Hall–Kier alpha value is -1.85. The number of piperazine rings is 1. The molecule has 0 bridgehead atoms. The van der Waals surface area contributed by atoms with Crippen molar-refractivity contribution in [2.75, 3.05) is 49.1 Å². The highest BCUT2D eigenvalue weighted by atomic mass is 16.2. The molecule has 3 rings (SSSR count). The number of aromatic nitrogens is 2. The maximum atomic E-state index is 12.1. The Balaban J connectivity index is 1.54. The van der Waals surface area contributed by atoms with Crippen LogP contribution in [0, 0.1) is 5.92 Å². The number of hydrogen-bond acceptors (Lipinski definition) is 5. The Bertz CT molecular complexity index is 516. The standard InChI is InChI=1S/C17H27N5O/c1-14(2)13-17(23)22-11-9-21(10-12-22)16-6-5-15(18-19-16)20-7-3-4-8-20/h5-6,14H,3-4,7-13H2,1-2H3. The minimum Gasteiger partial charge on any atom is -0.355 e. The molecule has 0 saturated carbocycles. The summed E-state index contributed by atoms with van der Waals surface area (Å²) in [5.74, 6) is 2.60. The average Bonchev–Trinajstić information content (AvgIpc) is 3.09. The fraction of sp³-hybridized carbons (Fsp3) is 0.706. The van der Waals surface area contributed by atoms with Crippen LogP contribution in [0.3, 0.4) is 0 Å². The van der Waals surface area contributed by atoms with Gasteiger partial charge in [0.15, 0.2) is 11.6 Å². The van der Waals surface area contributed by atoms with E-state index in [1.54, 1.807) is 0 Å². The third kappa shape index (κ3) is 3.92. The van der Waals surface area contributed by atoms with Crippen molar-refractivity contribution < 1.29 is 4.79 Å². The van der Waals surface area contributed by atoms with Crippen molar-refractivity contribution in [3.63, 3.8) is 0 Å². The van der Waals surface area contributed by atoms with E-state index in [4.69, 9.17) is 0 Å². The number of amides is 1. The van der Waals surface area contributed by atoms with Gasteiger partial charge in [0.05, 0.1) is 0 Å². The van der Waals surface area contributed by atoms with Crippen LogP contribution >= 0.6 is 0 Å². The normalized spacial score (nSPS) is 18.8. The number of nitrogens with zero attached hydrogens (tertiary/aromatic N) is 5. The Labute approximate surface area is 138 Å². The first-order chi connectivity index (χ1) is 11.1. The first-order valence-electron chi connectivity index (χ1n) is 8.75. The molecule has 1 aromatic heterocycles. The van der Waals surface area contributed by atoms with Crippen molar-refractivity contribution in [3.05, 3.63) is 12.1 Å². The highest BCUT2D eigenvalue weighted by Gasteiger charge is 2.23. The molecule has 126 valence electrons. The van der Waals surface area contributed by atoms with Gasteiger partial charge in [0.2, 0.25) is 5.91 Å². The molecule has 2 aliphatic heterocycles. The fourth-order valence-electron chi connectivity index (χ4n) is 3.27. The largest absolute Gasteiger partial charge is 0.355 e. The van der Waals surface area contributed by atoms with E-state index >= 15 is 0 Å². The predicted octanol–water partition coefficient (Wildman–Crippen LogP) is 1.77. The lowest BCUT2D eigenvalue weighted by molar-refractivity contribution is -0.132. The minimum absolute atomic E-state index is 0.273. The average molecular weight is 317 g/mol. The quantitative estimate of drug-likeness (QED) is 0.847. The summed E-state index contributed by atoms with van der Waals surface area (Å²) in [5, 5.41) is 8.78. The summed E-state index contributed by atoms with van der Waals surface area (Å²) < 4.78 is 0. The van der Waals surface area contributed by atoms with E-state index in [2.05, 4.69) is 46.0 Å². The van der Waals surface area contributed by atoms with E-state index in [0.29, 0.717) is 12.3 Å². The van der Waals surface area contributed by atoms with Crippen LogP contribution in [0.2, 0.25) is 0 Å². The molecule has 0 atom stereocenters. The zero-order valence-corrected chi connectivity index (χ0v) is 14.2. The highest BCUT2D eigenvalue weighted by Crippen LogP contribution is 2.20. The third-order valence-corrected chi connectivity index (χ3v) is 4.61. The van der Waals surface area contributed by atoms with E-state index in [-0.39, 0.29) is 5.91 Å². The molecular weight excluding hydrogens is 290 g/mol. The monoisotopic (exact) mass is 317 g/mol. The van der Waals surface area contributed by atoms with Crippen LogP contribution in [0.15, 0.2) is 12.1 Å². The third-order valence-electron chi connectivity index (χ3n) is 4.61. The van der Waals surface area contributed by atoms with Gasteiger partial charge in [-0.25, -0.2) is 0 Å². The first kappa shape index (κ1) is 16.0. The lowest BCUT2D eigenvalue weighted by Gasteiger charge is -2.35. The molecule has 0 unspecified atom stereocenters. The smallest absolute Gasteiger partial charge is 0.222 e. The van der Waals surface area contributed by atoms with Gasteiger partial charge in [0.25, 0.3) is 0 Å². The van der Waals surface area contributed by atoms with Gasteiger partial charge in [-0.3, -0.25) is 4.79 Å². The molecule has 3 heterocycles. The van der Waals surface area contributed by atoms with Crippen LogP contribution in [-0.2, 0) is 4.79 Å². The van der Waals surface area contributed by atoms with E-state index in [1.807, 2.05) is 4.90 Å². The fourth-order valence-corrected chi connectivity index (χ4v) is 3.27. The second-order valence-electron chi connectivity index (χ2n) is 6.91. The summed E-state index contributed by atoms with van der Waals surface area (Å²) >= 11 is 0. The molecule has 0 spiro atoms. The Morgan fingerprint density at radius 3 is 1.96 bits per heavy atom. The van der Waals surface area contributed by atoms with Gasteiger partial charge in [0, 0.05) is 45.7 Å². The second-order valence-corrected chi connectivity index (χ2v) is 6.91. The van der Waals surface area contributed by atoms with Crippen LogP contribution in [0.25, 0.3) is 0 Å². The molecule has 0 radical (unpaired) electrons. The molecule has 2 fully saturated rings. The summed E-state index contributed by atoms with van der Waals surface area (Å²) in [6.45, 7) is 9.58. The van der Waals surface area contributed by atoms with Crippen molar-refractivity contribution in [1.82, 2.24) is 15.1 Å². The van der Waals surface area contributed by atoms with Crippen LogP contribution in [-0.4, -0.2) is 60.3 Å². The SMILES string of the molecule is CC(C)CC(=O)N1CCN(c2ccc(N3CCCC3)nn2)CC1. The molecule has 2 aliphatic rings. The van der Waals surface area contributed by atoms with Gasteiger partial charge < -0.3 is 14.7 Å². The molecule has 1 amide bonds. The molecule has 0 aromatic carbocycles. The Kier molecular flexibility index (Phi) is 4.98. The Morgan fingerprint density at radius 1 is 0.957 bits per heavy atom. The molecule has 0 aliphatic carbocycles. The highest BCUT2D eigenvalue weighted by molar-refractivity contribution is 5.76. The van der Waals surface area contributed by atoms with Crippen molar-refractivity contribution in [3.8, 4) is 0 Å². The van der Waals surface area contributed by atoms with E-state index in [9.17, 15) is 4.79 Å². The number of carbonyl (C=O) groups is 1. The summed E-state index contributed by atoms with van der Waals surface area (Å²) in [4.78, 5) is 18.6. The predicted molar refractivity (Wildman–Crippen MR) is 91.7 cm³/mol. The van der Waals surface area contributed by atoms with Crippen molar-refractivity contribution in [2.45, 2.75) is 33.1 Å². The zero-order chi connectivity index (χ0) is 16.2. The van der Waals surface area contributed by atoms with Gasteiger partial charge in [-0.1, -0.05) is 13.8 Å². The Morgan fingerprint density at radius 2 is 1.48 bits per heavy atom. The lowest BCUT2D eigenvalue weighted by atomic mass is 10.1. The topological polar surface area (TPSA) is 52.6 Å². The number of rotatable bonds is 4. The van der Waals surface area contributed by atoms with Gasteiger partial charge in [0.1, 0.15) is 0 Å². The molecule has 23 heavy (non-hydrogen) atoms. The molecule has 0 N–H and O–H groups in total. The van der Waals surface area contributed by atoms with E-state index in [0.717, 1.165) is 50.9 Å². The van der Waals surface area contributed by atoms with Gasteiger partial charge in [-0.15, -0.1) is 10.2 Å². The van der Waals surface area contributed by atoms with Crippen molar-refractivity contribution in [1.29, 1.82) is 0 Å². The van der Waals surface area contributed by atoms with E-state index in [1.165, 1.54) is 12.8 Å². The van der Waals surface area contributed by atoms with Crippen LogP contribution in [0.5, 0.6) is 0 Å². The van der Waals surface area contributed by atoms with Gasteiger partial charge in [-0.05, 0) is 30.9 Å². The van der Waals surface area contributed by atoms with Crippen LogP contribution in [0.1, 0.15) is 33.1 Å². The summed E-state index contributed by atoms with van der Waals surface area (Å²) in [5.41, 5.74) is 0. The summed E-state index contributed by atoms with van der Waals surface area (Å²) in [6.07, 6.45) is 3.13. The molecule has 6 heteroatoms. The summed E-state index contributed by atoms with van der Waals surface area (Å²) in [6, 6.07) is 4.14. The number of anilines is 2. The molecular formula is C17H27N5O. The lowest BCUT2D eigenvalue weighted by Crippen LogP contribution is -2.49.